The highest BCUT2D eigenvalue weighted by Crippen LogP contribution is 2.29. The van der Waals surface area contributed by atoms with E-state index >= 15 is 0 Å². The molecule has 0 radical (unpaired) electrons. The van der Waals surface area contributed by atoms with Crippen LogP contribution in [0.1, 0.15) is 27.6 Å². The smallest absolute Gasteiger partial charge is 0.191 e. The van der Waals surface area contributed by atoms with E-state index in [4.69, 9.17) is 11.6 Å². The number of aliphatic imine (C=N–C) groups is 1. The first-order valence-corrected chi connectivity index (χ1v) is 10.5. The summed E-state index contributed by atoms with van der Waals surface area (Å²) in [6.07, 6.45) is 1.17. The van der Waals surface area contributed by atoms with E-state index < -0.39 is 0 Å². The predicted octanol–water partition coefficient (Wildman–Crippen LogP) is 3.91. The van der Waals surface area contributed by atoms with Crippen LogP contribution >= 0.6 is 22.9 Å². The lowest BCUT2D eigenvalue weighted by molar-refractivity contribution is 0.565. The summed E-state index contributed by atoms with van der Waals surface area (Å²) >= 11 is 7.92. The molecule has 0 saturated carbocycles. The molecule has 1 atom stereocenters. The number of rotatable bonds is 5. The summed E-state index contributed by atoms with van der Waals surface area (Å²) in [6.45, 7) is 10.0. The van der Waals surface area contributed by atoms with Crippen LogP contribution in [0.15, 0.2) is 23.2 Å². The quantitative estimate of drug-likeness (QED) is 0.584. The molecule has 0 spiro atoms. The molecule has 0 aliphatic carbocycles. The normalized spacial score (nSPS) is 17.4. The number of hydrogen-bond donors (Lipinski definition) is 2. The molecule has 146 valence electrons. The zero-order chi connectivity index (χ0) is 19.4. The molecule has 1 aromatic heterocycles. The Balaban J connectivity index is 1.48. The summed E-state index contributed by atoms with van der Waals surface area (Å²) in [4.78, 5) is 12.6. The lowest BCUT2D eigenvalue weighted by Gasteiger charge is -2.21. The van der Waals surface area contributed by atoms with Crippen molar-refractivity contribution in [2.45, 2.75) is 33.7 Å². The second kappa shape index (κ2) is 8.93. The minimum atomic E-state index is 0.589. The number of nitrogens with one attached hydrogen (secondary N) is 2. The van der Waals surface area contributed by atoms with Crippen LogP contribution in [0, 0.1) is 26.7 Å². The Labute approximate surface area is 170 Å². The van der Waals surface area contributed by atoms with Crippen LogP contribution in [-0.4, -0.2) is 37.6 Å². The minimum Gasteiger partial charge on any atom is -0.371 e. The fourth-order valence-electron chi connectivity index (χ4n) is 3.38. The third kappa shape index (κ3) is 5.14. The van der Waals surface area contributed by atoms with Crippen LogP contribution in [-0.2, 0) is 6.54 Å². The largest absolute Gasteiger partial charge is 0.371 e. The van der Waals surface area contributed by atoms with Crippen molar-refractivity contribution >= 4 is 34.6 Å². The van der Waals surface area contributed by atoms with Gasteiger partial charge in [-0.3, -0.25) is 4.99 Å². The molecule has 1 unspecified atom stereocenters. The van der Waals surface area contributed by atoms with Crippen LogP contribution in [0.25, 0.3) is 0 Å². The lowest BCUT2D eigenvalue weighted by atomic mass is 10.1. The average molecular weight is 406 g/mol. The van der Waals surface area contributed by atoms with Gasteiger partial charge >= 0.3 is 0 Å². The highest BCUT2D eigenvalue weighted by Gasteiger charge is 2.24. The van der Waals surface area contributed by atoms with Crippen LogP contribution < -0.4 is 15.5 Å². The van der Waals surface area contributed by atoms with Crippen LogP contribution in [0.3, 0.4) is 0 Å². The third-order valence-electron chi connectivity index (χ3n) is 5.06. The molecule has 27 heavy (non-hydrogen) atoms. The molecular weight excluding hydrogens is 378 g/mol. The van der Waals surface area contributed by atoms with Gasteiger partial charge in [0.2, 0.25) is 0 Å². The molecule has 1 aliphatic rings. The Morgan fingerprint density at radius 3 is 2.85 bits per heavy atom. The topological polar surface area (TPSA) is 52.6 Å². The van der Waals surface area contributed by atoms with Crippen molar-refractivity contribution in [3.63, 3.8) is 0 Å². The van der Waals surface area contributed by atoms with Gasteiger partial charge in [0.25, 0.3) is 0 Å². The molecule has 1 saturated heterocycles. The highest BCUT2D eigenvalue weighted by atomic mass is 35.5. The molecule has 1 aromatic carbocycles. The van der Waals surface area contributed by atoms with Gasteiger partial charge in [0.1, 0.15) is 5.01 Å². The molecule has 3 rings (SSSR count). The maximum atomic E-state index is 6.18. The van der Waals surface area contributed by atoms with Gasteiger partial charge in [-0.05, 0) is 50.8 Å². The molecule has 2 heterocycles. The third-order valence-corrected chi connectivity index (χ3v) is 6.37. The van der Waals surface area contributed by atoms with Crippen molar-refractivity contribution in [3.05, 3.63) is 44.4 Å². The van der Waals surface area contributed by atoms with Gasteiger partial charge in [-0.15, -0.1) is 11.3 Å². The van der Waals surface area contributed by atoms with E-state index in [1.165, 1.54) is 22.5 Å². The number of halogens is 1. The molecule has 5 nitrogen and oxygen atoms in total. The van der Waals surface area contributed by atoms with E-state index in [1.54, 1.807) is 11.3 Å². The second-order valence-electron chi connectivity index (χ2n) is 7.09. The molecule has 2 N–H and O–H groups in total. The average Bonchev–Trinajstić information content (AvgIpc) is 3.24. The van der Waals surface area contributed by atoms with Crippen molar-refractivity contribution < 1.29 is 0 Å². The summed E-state index contributed by atoms with van der Waals surface area (Å²) in [5, 5.41) is 8.72. The van der Waals surface area contributed by atoms with E-state index in [0.29, 0.717) is 12.5 Å². The number of benzene rings is 1. The molecule has 7 heteroatoms. The Bertz CT molecular complexity index is 797. The number of nitrogens with zero attached hydrogens (tertiary/aromatic N) is 3. The number of aromatic nitrogens is 1. The van der Waals surface area contributed by atoms with E-state index in [-0.39, 0.29) is 0 Å². The number of thiazole rings is 1. The summed E-state index contributed by atoms with van der Waals surface area (Å²) in [5.41, 5.74) is 3.64. The predicted molar refractivity (Wildman–Crippen MR) is 116 cm³/mol. The number of anilines is 1. The SMILES string of the molecule is CN=C(NCc1nc(C)c(C)s1)NCC1CCN(c2cc(Cl)ccc2C)C1. The Morgan fingerprint density at radius 1 is 1.33 bits per heavy atom. The maximum absolute atomic E-state index is 6.18. The van der Waals surface area contributed by atoms with Crippen LogP contribution in [0.4, 0.5) is 5.69 Å². The van der Waals surface area contributed by atoms with Gasteiger partial charge in [0, 0.05) is 42.3 Å². The molecule has 0 bridgehead atoms. The van der Waals surface area contributed by atoms with Gasteiger partial charge in [-0.2, -0.15) is 0 Å². The molecule has 1 aliphatic heterocycles. The van der Waals surface area contributed by atoms with Gasteiger partial charge in [-0.25, -0.2) is 4.98 Å². The van der Waals surface area contributed by atoms with E-state index in [9.17, 15) is 0 Å². The minimum absolute atomic E-state index is 0.589. The number of aryl methyl sites for hydroxylation is 3. The van der Waals surface area contributed by atoms with Crippen LogP contribution in [0.2, 0.25) is 5.02 Å². The lowest BCUT2D eigenvalue weighted by Crippen LogP contribution is -2.40. The standard InChI is InChI=1S/C20H28ClN5S/c1-13-5-6-17(21)9-18(13)26-8-7-16(12-26)10-23-20(22-4)24-11-19-25-14(2)15(3)27-19/h5-6,9,16H,7-8,10-12H2,1-4H3,(H2,22,23,24). The summed E-state index contributed by atoms with van der Waals surface area (Å²) in [6, 6.07) is 6.12. The van der Waals surface area contributed by atoms with E-state index in [2.05, 4.69) is 58.4 Å². The second-order valence-corrected chi connectivity index (χ2v) is 8.81. The Kier molecular flexibility index (Phi) is 6.60. The molecule has 2 aromatic rings. The maximum Gasteiger partial charge on any atom is 0.191 e. The molecule has 1 fully saturated rings. The van der Waals surface area contributed by atoms with Crippen LogP contribution in [0.5, 0.6) is 0 Å². The van der Waals surface area contributed by atoms with Crippen molar-refractivity contribution in [2.24, 2.45) is 10.9 Å². The van der Waals surface area contributed by atoms with Gasteiger partial charge in [0.05, 0.1) is 12.2 Å². The van der Waals surface area contributed by atoms with Gasteiger partial charge < -0.3 is 15.5 Å². The fourth-order valence-corrected chi connectivity index (χ4v) is 4.42. The summed E-state index contributed by atoms with van der Waals surface area (Å²) < 4.78 is 0. The van der Waals surface area contributed by atoms with E-state index in [1.807, 2.05) is 13.1 Å². The van der Waals surface area contributed by atoms with Crippen molar-refractivity contribution in [2.75, 3.05) is 31.6 Å². The first-order chi connectivity index (χ1) is 13.0. The summed E-state index contributed by atoms with van der Waals surface area (Å²) in [5.74, 6) is 1.42. The molecular formula is C20H28ClN5S. The first-order valence-electron chi connectivity index (χ1n) is 9.34. The first kappa shape index (κ1) is 20.0. The number of guanidine groups is 1. The monoisotopic (exact) mass is 405 g/mol. The fraction of sp³-hybridized carbons (Fsp3) is 0.500. The van der Waals surface area contributed by atoms with Crippen molar-refractivity contribution in [3.8, 4) is 0 Å². The Morgan fingerprint density at radius 2 is 2.15 bits per heavy atom. The van der Waals surface area contributed by atoms with E-state index in [0.717, 1.165) is 41.3 Å². The Hall–Kier alpha value is -1.79. The van der Waals surface area contributed by atoms with Gasteiger partial charge in [0.15, 0.2) is 5.96 Å². The zero-order valence-corrected chi connectivity index (χ0v) is 18.0. The number of hydrogen-bond acceptors (Lipinski definition) is 4. The van der Waals surface area contributed by atoms with Crippen molar-refractivity contribution in [1.29, 1.82) is 0 Å². The molecule has 0 amide bonds. The van der Waals surface area contributed by atoms with Crippen molar-refractivity contribution in [1.82, 2.24) is 15.6 Å². The summed E-state index contributed by atoms with van der Waals surface area (Å²) in [7, 11) is 1.81. The highest BCUT2D eigenvalue weighted by molar-refractivity contribution is 7.11. The zero-order valence-electron chi connectivity index (χ0n) is 16.5. The van der Waals surface area contributed by atoms with Gasteiger partial charge in [-0.1, -0.05) is 17.7 Å².